The van der Waals surface area contributed by atoms with Gasteiger partial charge in [-0.1, -0.05) is 121 Å². The second kappa shape index (κ2) is 17.6. The van der Waals surface area contributed by atoms with Gasteiger partial charge in [-0.2, -0.15) is 0 Å². The van der Waals surface area contributed by atoms with E-state index in [1.54, 1.807) is 7.11 Å². The lowest BCUT2D eigenvalue weighted by atomic mass is 9.97. The van der Waals surface area contributed by atoms with Crippen LogP contribution in [0.25, 0.3) is 0 Å². The molecule has 6 rings (SSSR count). The summed E-state index contributed by atoms with van der Waals surface area (Å²) in [7, 11) is 1.64. The van der Waals surface area contributed by atoms with Gasteiger partial charge in [-0.25, -0.2) is 0 Å². The molecule has 0 aromatic heterocycles. The third kappa shape index (κ3) is 9.53. The Labute approximate surface area is 282 Å². The predicted octanol–water partition coefficient (Wildman–Crippen LogP) is 7.77. The van der Waals surface area contributed by atoms with Gasteiger partial charge in [-0.15, -0.1) is 0 Å². The highest BCUT2D eigenvalue weighted by Gasteiger charge is 2.49. The zero-order chi connectivity index (χ0) is 32.8. The van der Waals surface area contributed by atoms with Crippen LogP contribution in [-0.4, -0.2) is 44.4 Å². The van der Waals surface area contributed by atoms with E-state index in [4.69, 9.17) is 33.2 Å². The van der Waals surface area contributed by atoms with E-state index >= 15 is 0 Å². The van der Waals surface area contributed by atoms with Crippen LogP contribution in [0.2, 0.25) is 0 Å². The molecule has 1 aliphatic rings. The van der Waals surface area contributed by atoms with Gasteiger partial charge in [0.05, 0.1) is 40.1 Å². The molecule has 5 aromatic rings. The van der Waals surface area contributed by atoms with Gasteiger partial charge in [0.25, 0.3) is 0 Å². The van der Waals surface area contributed by atoms with Crippen molar-refractivity contribution in [1.82, 2.24) is 0 Å². The van der Waals surface area contributed by atoms with E-state index in [-0.39, 0.29) is 6.61 Å². The molecular formula is C41H42O7. The van der Waals surface area contributed by atoms with Gasteiger partial charge in [-0.3, -0.25) is 0 Å². The van der Waals surface area contributed by atoms with Crippen molar-refractivity contribution in [2.24, 2.45) is 0 Å². The van der Waals surface area contributed by atoms with Gasteiger partial charge >= 0.3 is 0 Å². The molecular weight excluding hydrogens is 604 g/mol. The number of hydrogen-bond acceptors (Lipinski definition) is 7. The van der Waals surface area contributed by atoms with Crippen molar-refractivity contribution in [3.05, 3.63) is 168 Å². The average molecular weight is 647 g/mol. The Kier molecular flexibility index (Phi) is 12.2. The SMILES string of the molecule is COc1ccc(O[C@@H]2O[C@H](COCc3ccccc3)[C@@H](OCc3ccccc3)[C@H](OCc3ccccc3)[C@H]2OCc2ccccc2)cc1. The highest BCUT2D eigenvalue weighted by atomic mass is 16.7. The fourth-order valence-electron chi connectivity index (χ4n) is 5.63. The highest BCUT2D eigenvalue weighted by Crippen LogP contribution is 2.33. The Morgan fingerprint density at radius 1 is 0.458 bits per heavy atom. The lowest BCUT2D eigenvalue weighted by molar-refractivity contribution is -0.310. The largest absolute Gasteiger partial charge is 0.497 e. The maximum atomic E-state index is 6.78. The number of ether oxygens (including phenoxy) is 7. The van der Waals surface area contributed by atoms with Crippen molar-refractivity contribution in [2.45, 2.75) is 57.1 Å². The van der Waals surface area contributed by atoms with Crippen molar-refractivity contribution in [2.75, 3.05) is 13.7 Å². The lowest BCUT2D eigenvalue weighted by Gasteiger charge is -2.45. The first kappa shape index (κ1) is 33.4. The number of benzene rings is 5. The van der Waals surface area contributed by atoms with E-state index in [1.807, 2.05) is 146 Å². The van der Waals surface area contributed by atoms with Crippen LogP contribution >= 0.6 is 0 Å². The first-order chi connectivity index (χ1) is 23.7. The Morgan fingerprint density at radius 2 is 0.875 bits per heavy atom. The van der Waals surface area contributed by atoms with Gasteiger partial charge in [0.2, 0.25) is 6.29 Å². The monoisotopic (exact) mass is 646 g/mol. The molecule has 1 saturated heterocycles. The summed E-state index contributed by atoms with van der Waals surface area (Å²) in [4.78, 5) is 0. The number of hydrogen-bond donors (Lipinski definition) is 0. The van der Waals surface area contributed by atoms with Gasteiger partial charge in [-0.05, 0) is 46.5 Å². The van der Waals surface area contributed by atoms with E-state index in [0.717, 1.165) is 28.0 Å². The van der Waals surface area contributed by atoms with E-state index in [2.05, 4.69) is 0 Å². The van der Waals surface area contributed by atoms with Crippen LogP contribution in [0.5, 0.6) is 11.5 Å². The third-order valence-corrected chi connectivity index (χ3v) is 8.15. The zero-order valence-electron chi connectivity index (χ0n) is 27.1. The van der Waals surface area contributed by atoms with Gasteiger partial charge in [0.1, 0.15) is 35.9 Å². The second-order valence-electron chi connectivity index (χ2n) is 11.6. The molecule has 0 saturated carbocycles. The Balaban J connectivity index is 1.32. The molecule has 48 heavy (non-hydrogen) atoms. The second-order valence-corrected chi connectivity index (χ2v) is 11.6. The smallest absolute Gasteiger partial charge is 0.229 e. The summed E-state index contributed by atoms with van der Waals surface area (Å²) in [5.74, 6) is 1.35. The Hall–Kier alpha value is -4.50. The third-order valence-electron chi connectivity index (χ3n) is 8.15. The van der Waals surface area contributed by atoms with Crippen molar-refractivity contribution < 1.29 is 33.2 Å². The van der Waals surface area contributed by atoms with Crippen LogP contribution in [0.4, 0.5) is 0 Å². The fraction of sp³-hybridized carbons (Fsp3) is 0.268. The quantitative estimate of drug-likeness (QED) is 0.109. The molecule has 7 heteroatoms. The van der Waals surface area contributed by atoms with Crippen molar-refractivity contribution >= 4 is 0 Å². The minimum Gasteiger partial charge on any atom is -0.497 e. The molecule has 0 N–H and O–H groups in total. The average Bonchev–Trinajstić information content (AvgIpc) is 3.15. The summed E-state index contributed by atoms with van der Waals surface area (Å²) in [6.07, 6.45) is -3.12. The molecule has 248 valence electrons. The molecule has 1 heterocycles. The van der Waals surface area contributed by atoms with Gasteiger partial charge in [0.15, 0.2) is 0 Å². The molecule has 1 aliphatic heterocycles. The standard InChI is InChI=1S/C41H42O7/c1-42-35-22-24-36(25-23-35)47-41-40(46-29-34-20-12-5-13-21-34)39(45-28-33-18-10-4-11-19-33)38(44-27-32-16-8-3-9-17-32)37(48-41)30-43-26-31-14-6-2-7-15-31/h2-25,37-41H,26-30H2,1H3/t37-,38-,39+,40-,41-/m1/s1. The molecule has 0 amide bonds. The summed E-state index contributed by atoms with van der Waals surface area (Å²) in [6, 6.07) is 47.7. The van der Waals surface area contributed by atoms with Crippen LogP contribution < -0.4 is 9.47 Å². The summed E-state index contributed by atoms with van der Waals surface area (Å²) >= 11 is 0. The molecule has 0 unspecified atom stereocenters. The first-order valence-corrected chi connectivity index (χ1v) is 16.3. The molecule has 7 nitrogen and oxygen atoms in total. The molecule has 5 atom stereocenters. The first-order valence-electron chi connectivity index (χ1n) is 16.3. The van der Waals surface area contributed by atoms with Crippen molar-refractivity contribution in [3.8, 4) is 11.5 Å². The summed E-state index contributed by atoms with van der Waals surface area (Å²) in [5.41, 5.74) is 4.18. The van der Waals surface area contributed by atoms with Crippen LogP contribution in [-0.2, 0) is 50.1 Å². The number of rotatable bonds is 16. The van der Waals surface area contributed by atoms with Crippen LogP contribution in [0.3, 0.4) is 0 Å². The molecule has 0 aliphatic carbocycles. The van der Waals surface area contributed by atoms with Crippen LogP contribution in [0, 0.1) is 0 Å². The lowest BCUT2D eigenvalue weighted by Crippen LogP contribution is -2.62. The summed E-state index contributed by atoms with van der Waals surface area (Å²) in [5, 5.41) is 0. The minimum atomic E-state index is -0.829. The van der Waals surface area contributed by atoms with Crippen molar-refractivity contribution in [3.63, 3.8) is 0 Å². The van der Waals surface area contributed by atoms with E-state index in [0.29, 0.717) is 32.2 Å². The maximum Gasteiger partial charge on any atom is 0.229 e. The van der Waals surface area contributed by atoms with Gasteiger partial charge < -0.3 is 33.2 Å². The number of methoxy groups -OCH3 is 1. The molecule has 1 fully saturated rings. The van der Waals surface area contributed by atoms with Crippen molar-refractivity contribution in [1.29, 1.82) is 0 Å². The van der Waals surface area contributed by atoms with E-state index in [1.165, 1.54) is 0 Å². The van der Waals surface area contributed by atoms with Gasteiger partial charge in [0, 0.05) is 0 Å². The van der Waals surface area contributed by atoms with Crippen LogP contribution in [0.1, 0.15) is 22.3 Å². The predicted molar refractivity (Wildman–Crippen MR) is 183 cm³/mol. The topological polar surface area (TPSA) is 64.6 Å². The molecule has 0 spiro atoms. The summed E-state index contributed by atoms with van der Waals surface area (Å²) < 4.78 is 45.1. The zero-order valence-corrected chi connectivity index (χ0v) is 27.1. The van der Waals surface area contributed by atoms with E-state index in [9.17, 15) is 0 Å². The van der Waals surface area contributed by atoms with E-state index < -0.39 is 30.7 Å². The normalized spacial score (nSPS) is 20.6. The fourth-order valence-corrected chi connectivity index (χ4v) is 5.63. The Morgan fingerprint density at radius 3 is 1.35 bits per heavy atom. The molecule has 0 radical (unpaired) electrons. The molecule has 5 aromatic carbocycles. The maximum absolute atomic E-state index is 6.78. The summed E-state index contributed by atoms with van der Waals surface area (Å²) in [6.45, 7) is 1.75. The Bertz CT molecular complexity index is 1600. The van der Waals surface area contributed by atoms with Crippen LogP contribution in [0.15, 0.2) is 146 Å². The minimum absolute atomic E-state index is 0.257. The molecule has 0 bridgehead atoms. The highest BCUT2D eigenvalue weighted by molar-refractivity contribution is 5.31.